The minimum Gasteiger partial charge on any atom is -0.228 e. The van der Waals surface area contributed by atoms with Crippen molar-refractivity contribution in [1.29, 1.82) is 0 Å². The van der Waals surface area contributed by atoms with Gasteiger partial charge < -0.3 is 0 Å². The lowest BCUT2D eigenvalue weighted by atomic mass is 10.00. The van der Waals surface area contributed by atoms with Crippen molar-refractivity contribution in [3.05, 3.63) is 34.1 Å². The van der Waals surface area contributed by atoms with E-state index in [0.29, 0.717) is 11.1 Å². The molecule has 0 amide bonds. The van der Waals surface area contributed by atoms with Crippen LogP contribution in [0.25, 0.3) is 0 Å². The van der Waals surface area contributed by atoms with E-state index in [2.05, 4.69) is 0 Å². The Morgan fingerprint density at radius 3 is 2.25 bits per heavy atom. The lowest BCUT2D eigenvalue weighted by Gasteiger charge is -2.24. The lowest BCUT2D eigenvalue weighted by molar-refractivity contribution is 0.559. The van der Waals surface area contributed by atoms with Gasteiger partial charge in [0.15, 0.2) is 9.84 Å². The van der Waals surface area contributed by atoms with Crippen LogP contribution in [0.1, 0.15) is 25.0 Å². The fourth-order valence-corrected chi connectivity index (χ4v) is 2.33. The first-order chi connectivity index (χ1) is 7.07. The summed E-state index contributed by atoms with van der Waals surface area (Å²) >= 11 is 5.89. The van der Waals surface area contributed by atoms with Gasteiger partial charge in [0.1, 0.15) is 5.82 Å². The van der Waals surface area contributed by atoms with Crippen molar-refractivity contribution >= 4 is 21.4 Å². The van der Waals surface area contributed by atoms with E-state index >= 15 is 0 Å². The van der Waals surface area contributed by atoms with Crippen LogP contribution >= 0.6 is 11.6 Å². The molecule has 1 aromatic carbocycles. The predicted octanol–water partition coefficient (Wildman–Crippen LogP) is 3.07. The van der Waals surface area contributed by atoms with Gasteiger partial charge in [-0.2, -0.15) is 0 Å². The maximum Gasteiger partial charge on any atom is 0.156 e. The summed E-state index contributed by atoms with van der Waals surface area (Å²) in [5.74, 6) is -0.432. The van der Waals surface area contributed by atoms with E-state index in [1.165, 1.54) is 6.07 Å². The topological polar surface area (TPSA) is 34.1 Å². The second-order valence-corrected chi connectivity index (χ2v) is 7.34. The number of benzene rings is 1. The minimum absolute atomic E-state index is 0.138. The van der Waals surface area contributed by atoms with Gasteiger partial charge in [0, 0.05) is 11.3 Å². The monoisotopic (exact) mass is 264 g/mol. The number of aryl methyl sites for hydroxylation is 1. The smallest absolute Gasteiger partial charge is 0.156 e. The molecule has 2 nitrogen and oxygen atoms in total. The molecule has 0 aromatic heterocycles. The van der Waals surface area contributed by atoms with E-state index in [9.17, 15) is 12.8 Å². The average Bonchev–Trinajstić information content (AvgIpc) is 2.09. The SMILES string of the molecule is Cc1cc(C(C)(C)S(C)(=O)=O)c(Cl)cc1F. The van der Waals surface area contributed by atoms with Crippen LogP contribution in [0, 0.1) is 12.7 Å². The number of rotatable bonds is 2. The summed E-state index contributed by atoms with van der Waals surface area (Å²) in [5, 5.41) is 0.138. The van der Waals surface area contributed by atoms with Crippen molar-refractivity contribution in [2.45, 2.75) is 25.5 Å². The van der Waals surface area contributed by atoms with Crippen molar-refractivity contribution in [3.63, 3.8) is 0 Å². The van der Waals surface area contributed by atoms with Crippen molar-refractivity contribution in [1.82, 2.24) is 0 Å². The van der Waals surface area contributed by atoms with Crippen LogP contribution < -0.4 is 0 Å². The number of halogens is 2. The van der Waals surface area contributed by atoms with Gasteiger partial charge >= 0.3 is 0 Å². The summed E-state index contributed by atoms with van der Waals surface area (Å²) in [5.41, 5.74) is 0.812. The van der Waals surface area contributed by atoms with Crippen molar-refractivity contribution in [3.8, 4) is 0 Å². The van der Waals surface area contributed by atoms with Crippen LogP contribution in [0.4, 0.5) is 4.39 Å². The van der Waals surface area contributed by atoms with Crippen LogP contribution in [0.5, 0.6) is 0 Å². The minimum atomic E-state index is -3.31. The third kappa shape index (κ3) is 2.23. The molecule has 0 aliphatic carbocycles. The second kappa shape index (κ2) is 4.00. The van der Waals surface area contributed by atoms with Gasteiger partial charge in [-0.25, -0.2) is 12.8 Å². The third-order valence-corrected chi connectivity index (χ3v) is 5.21. The maximum atomic E-state index is 13.2. The maximum absolute atomic E-state index is 13.2. The highest BCUT2D eigenvalue weighted by molar-refractivity contribution is 7.91. The first kappa shape index (κ1) is 13.5. The Kier molecular flexibility index (Phi) is 3.37. The fourth-order valence-electron chi connectivity index (χ4n) is 1.32. The van der Waals surface area contributed by atoms with E-state index in [0.717, 1.165) is 12.3 Å². The Hall–Kier alpha value is -0.610. The third-order valence-electron chi connectivity index (χ3n) is 2.82. The molecule has 0 aliphatic rings. The van der Waals surface area contributed by atoms with Gasteiger partial charge in [-0.05, 0) is 38.0 Å². The molecule has 0 saturated carbocycles. The summed E-state index contributed by atoms with van der Waals surface area (Å²) in [6.45, 7) is 4.69. The van der Waals surface area contributed by atoms with E-state index in [4.69, 9.17) is 11.6 Å². The standard InChI is InChI=1S/C11H14ClFO2S/c1-7-5-8(9(12)6-10(7)13)11(2,3)16(4,14)15/h5-6H,1-4H3. The normalized spacial score (nSPS) is 12.9. The van der Waals surface area contributed by atoms with Gasteiger partial charge in [0.2, 0.25) is 0 Å². The number of sulfone groups is 1. The zero-order valence-electron chi connectivity index (χ0n) is 9.64. The molecule has 16 heavy (non-hydrogen) atoms. The first-order valence-corrected chi connectivity index (χ1v) is 7.00. The number of hydrogen-bond donors (Lipinski definition) is 0. The second-order valence-electron chi connectivity index (χ2n) is 4.36. The molecular weight excluding hydrogens is 251 g/mol. The molecule has 0 aliphatic heterocycles. The van der Waals surface area contributed by atoms with Crippen LogP contribution in [0.2, 0.25) is 5.02 Å². The molecule has 1 rings (SSSR count). The fraction of sp³-hybridized carbons (Fsp3) is 0.455. The lowest BCUT2D eigenvalue weighted by Crippen LogP contribution is -2.28. The highest BCUT2D eigenvalue weighted by atomic mass is 35.5. The van der Waals surface area contributed by atoms with Gasteiger partial charge in [0.25, 0.3) is 0 Å². The summed E-state index contributed by atoms with van der Waals surface area (Å²) in [7, 11) is -3.31. The van der Waals surface area contributed by atoms with Crippen LogP contribution in [0.3, 0.4) is 0 Å². The molecule has 0 radical (unpaired) electrons. The van der Waals surface area contributed by atoms with Gasteiger partial charge in [-0.15, -0.1) is 0 Å². The Bertz CT molecular complexity index is 521. The molecule has 0 atom stereocenters. The molecule has 5 heteroatoms. The molecule has 0 heterocycles. The molecule has 0 N–H and O–H groups in total. The Balaban J connectivity index is 3.52. The zero-order valence-corrected chi connectivity index (χ0v) is 11.2. The summed E-state index contributed by atoms with van der Waals surface area (Å²) in [6.07, 6.45) is 1.14. The van der Waals surface area contributed by atoms with Gasteiger partial charge in [-0.3, -0.25) is 0 Å². The molecule has 1 aromatic rings. The van der Waals surface area contributed by atoms with Crippen LogP contribution in [-0.2, 0) is 14.6 Å². The van der Waals surface area contributed by atoms with Crippen molar-refractivity contribution in [2.24, 2.45) is 0 Å². The highest BCUT2D eigenvalue weighted by Gasteiger charge is 2.34. The first-order valence-electron chi connectivity index (χ1n) is 4.73. The molecule has 0 unspecified atom stereocenters. The molecule has 0 fully saturated rings. The van der Waals surface area contributed by atoms with E-state index in [1.807, 2.05) is 0 Å². The summed E-state index contributed by atoms with van der Waals surface area (Å²) < 4.78 is 35.4. The predicted molar refractivity (Wildman–Crippen MR) is 64.0 cm³/mol. The molecular formula is C11H14ClFO2S. The van der Waals surface area contributed by atoms with Gasteiger partial charge in [0.05, 0.1) is 4.75 Å². The van der Waals surface area contributed by atoms with Crippen LogP contribution in [0.15, 0.2) is 12.1 Å². The van der Waals surface area contributed by atoms with Crippen molar-refractivity contribution in [2.75, 3.05) is 6.26 Å². The zero-order chi connectivity index (χ0) is 12.7. The van der Waals surface area contributed by atoms with Crippen molar-refractivity contribution < 1.29 is 12.8 Å². The van der Waals surface area contributed by atoms with E-state index < -0.39 is 20.4 Å². The quantitative estimate of drug-likeness (QED) is 0.823. The largest absolute Gasteiger partial charge is 0.228 e. The Morgan fingerprint density at radius 1 is 1.31 bits per heavy atom. The van der Waals surface area contributed by atoms with Gasteiger partial charge in [-0.1, -0.05) is 17.7 Å². The summed E-state index contributed by atoms with van der Waals surface area (Å²) in [6, 6.07) is 2.64. The number of hydrogen-bond acceptors (Lipinski definition) is 2. The Labute approximate surface area is 100 Å². The molecule has 0 spiro atoms. The molecule has 0 bridgehead atoms. The Morgan fingerprint density at radius 2 is 1.81 bits per heavy atom. The summed E-state index contributed by atoms with van der Waals surface area (Å²) in [4.78, 5) is 0. The molecule has 90 valence electrons. The average molecular weight is 265 g/mol. The highest BCUT2D eigenvalue weighted by Crippen LogP contribution is 2.35. The van der Waals surface area contributed by atoms with E-state index in [1.54, 1.807) is 20.8 Å². The molecule has 0 saturated heterocycles. The van der Waals surface area contributed by atoms with E-state index in [-0.39, 0.29) is 5.02 Å². The van der Waals surface area contributed by atoms with Crippen LogP contribution in [-0.4, -0.2) is 14.7 Å².